The molecule has 0 fully saturated rings. The van der Waals surface area contributed by atoms with Gasteiger partial charge in [-0.05, 0) is 27.2 Å². The summed E-state index contributed by atoms with van der Waals surface area (Å²) in [7, 11) is 0. The number of alkyl carbamates (subject to hydrolysis) is 1. The van der Waals surface area contributed by atoms with Gasteiger partial charge in [0.05, 0.1) is 12.7 Å². The lowest BCUT2D eigenvalue weighted by atomic mass is 10.2. The lowest BCUT2D eigenvalue weighted by molar-refractivity contribution is -0.140. The Hall–Kier alpha value is -2.05. The number of amides is 1. The van der Waals surface area contributed by atoms with Crippen LogP contribution in [0.5, 0.6) is 0 Å². The summed E-state index contributed by atoms with van der Waals surface area (Å²) in [5.74, 6) is -2.30. The molecule has 0 aliphatic heterocycles. The van der Waals surface area contributed by atoms with Gasteiger partial charge in [0, 0.05) is 0 Å². The standard InChI is InChI=1S/C12H19NO6/c1-5-6-18-10(16)8(7-9(14)15)13-11(17)19-12(2,3)4/h7H,5-6H2,1-4H3,(H,13,17)(H,14,15)/b8-7-. The van der Waals surface area contributed by atoms with E-state index in [1.165, 1.54) is 0 Å². The van der Waals surface area contributed by atoms with E-state index < -0.39 is 29.3 Å². The van der Waals surface area contributed by atoms with Gasteiger partial charge in [0.15, 0.2) is 0 Å². The normalized spacial score (nSPS) is 11.7. The van der Waals surface area contributed by atoms with Crippen LogP contribution in [-0.4, -0.2) is 35.3 Å². The maximum absolute atomic E-state index is 11.5. The molecule has 0 spiro atoms. The van der Waals surface area contributed by atoms with Crippen LogP contribution in [-0.2, 0) is 19.1 Å². The highest BCUT2D eigenvalue weighted by Gasteiger charge is 2.21. The van der Waals surface area contributed by atoms with Gasteiger partial charge in [0.1, 0.15) is 11.3 Å². The molecule has 7 heteroatoms. The lowest BCUT2D eigenvalue weighted by Gasteiger charge is -2.20. The second-order valence-electron chi connectivity index (χ2n) is 4.66. The zero-order valence-electron chi connectivity index (χ0n) is 11.5. The van der Waals surface area contributed by atoms with Crippen molar-refractivity contribution in [1.82, 2.24) is 5.32 Å². The molecule has 0 rings (SSSR count). The summed E-state index contributed by atoms with van der Waals surface area (Å²) in [5, 5.41) is 10.7. The topological polar surface area (TPSA) is 102 Å². The van der Waals surface area contributed by atoms with Crippen LogP contribution in [0.4, 0.5) is 4.79 Å². The number of rotatable bonds is 5. The first-order valence-electron chi connectivity index (χ1n) is 5.77. The van der Waals surface area contributed by atoms with Crippen LogP contribution in [0.1, 0.15) is 34.1 Å². The molecule has 0 saturated carbocycles. The molecule has 0 aliphatic carbocycles. The van der Waals surface area contributed by atoms with Crippen molar-refractivity contribution in [1.29, 1.82) is 0 Å². The Kier molecular flexibility index (Phi) is 6.60. The minimum atomic E-state index is -1.38. The van der Waals surface area contributed by atoms with Crippen LogP contribution in [0.25, 0.3) is 0 Å². The summed E-state index contributed by atoms with van der Waals surface area (Å²) in [6.07, 6.45) is 0.217. The molecular weight excluding hydrogens is 254 g/mol. The molecule has 7 nitrogen and oxygen atoms in total. The molecule has 0 unspecified atom stereocenters. The van der Waals surface area contributed by atoms with E-state index in [9.17, 15) is 14.4 Å². The average molecular weight is 273 g/mol. The largest absolute Gasteiger partial charge is 0.478 e. The highest BCUT2D eigenvalue weighted by molar-refractivity contribution is 5.98. The number of hydrogen-bond donors (Lipinski definition) is 2. The third kappa shape index (κ3) is 8.64. The smallest absolute Gasteiger partial charge is 0.412 e. The molecule has 0 atom stereocenters. The summed E-state index contributed by atoms with van der Waals surface area (Å²) < 4.78 is 9.66. The highest BCUT2D eigenvalue weighted by Crippen LogP contribution is 2.07. The maximum Gasteiger partial charge on any atom is 0.412 e. The number of carboxylic acids is 1. The molecule has 0 aromatic heterocycles. The van der Waals surface area contributed by atoms with Crippen molar-refractivity contribution in [3.05, 3.63) is 11.8 Å². The molecule has 0 saturated heterocycles. The molecule has 19 heavy (non-hydrogen) atoms. The second kappa shape index (κ2) is 7.40. The third-order valence-electron chi connectivity index (χ3n) is 1.56. The summed E-state index contributed by atoms with van der Waals surface area (Å²) in [5.41, 5.74) is -1.23. The number of hydrogen-bond acceptors (Lipinski definition) is 5. The average Bonchev–Trinajstić information content (AvgIpc) is 2.21. The van der Waals surface area contributed by atoms with E-state index in [1.54, 1.807) is 27.7 Å². The fourth-order valence-electron chi connectivity index (χ4n) is 0.956. The van der Waals surface area contributed by atoms with Crippen LogP contribution < -0.4 is 5.32 Å². The molecule has 0 aliphatic rings. The molecule has 2 N–H and O–H groups in total. The summed E-state index contributed by atoms with van der Waals surface area (Å²) >= 11 is 0. The first kappa shape index (κ1) is 16.9. The van der Waals surface area contributed by atoms with E-state index in [2.05, 4.69) is 5.32 Å². The Labute approximate surface area is 111 Å². The van der Waals surface area contributed by atoms with E-state index in [1.807, 2.05) is 0 Å². The molecule has 1 amide bonds. The predicted molar refractivity (Wildman–Crippen MR) is 66.3 cm³/mol. The van der Waals surface area contributed by atoms with Gasteiger partial charge >= 0.3 is 18.0 Å². The highest BCUT2D eigenvalue weighted by atomic mass is 16.6. The Morgan fingerprint density at radius 3 is 2.26 bits per heavy atom. The molecule has 0 bridgehead atoms. The van der Waals surface area contributed by atoms with Gasteiger partial charge in [0.25, 0.3) is 0 Å². The van der Waals surface area contributed by atoms with Crippen molar-refractivity contribution in [2.45, 2.75) is 39.7 Å². The zero-order valence-corrected chi connectivity index (χ0v) is 11.5. The second-order valence-corrected chi connectivity index (χ2v) is 4.66. The molecule has 0 heterocycles. The van der Waals surface area contributed by atoms with E-state index in [-0.39, 0.29) is 6.61 Å². The van der Waals surface area contributed by atoms with E-state index in [0.717, 1.165) is 0 Å². The van der Waals surface area contributed by atoms with E-state index >= 15 is 0 Å². The van der Waals surface area contributed by atoms with Crippen LogP contribution in [0.15, 0.2) is 11.8 Å². The zero-order chi connectivity index (χ0) is 15.1. The van der Waals surface area contributed by atoms with Crippen molar-refractivity contribution >= 4 is 18.0 Å². The van der Waals surface area contributed by atoms with Gasteiger partial charge in [-0.2, -0.15) is 0 Å². The van der Waals surface area contributed by atoms with Crippen molar-refractivity contribution in [2.24, 2.45) is 0 Å². The molecule has 0 aromatic carbocycles. The predicted octanol–water partition coefficient (Wildman–Crippen LogP) is 1.43. The van der Waals surface area contributed by atoms with Crippen molar-refractivity contribution in [3.8, 4) is 0 Å². The molecule has 0 radical (unpaired) electrons. The molecule has 108 valence electrons. The number of carbonyl (C=O) groups excluding carboxylic acids is 2. The van der Waals surface area contributed by atoms with Gasteiger partial charge in [-0.25, -0.2) is 14.4 Å². The summed E-state index contributed by atoms with van der Waals surface area (Å²) in [4.78, 5) is 33.5. The van der Waals surface area contributed by atoms with Gasteiger partial charge in [-0.1, -0.05) is 6.92 Å². The van der Waals surface area contributed by atoms with Crippen LogP contribution in [0.2, 0.25) is 0 Å². The minimum absolute atomic E-state index is 0.131. The van der Waals surface area contributed by atoms with Crippen molar-refractivity contribution in [3.63, 3.8) is 0 Å². The van der Waals surface area contributed by atoms with Crippen LogP contribution in [0.3, 0.4) is 0 Å². The quantitative estimate of drug-likeness (QED) is 0.580. The van der Waals surface area contributed by atoms with Gasteiger partial charge in [-0.15, -0.1) is 0 Å². The van der Waals surface area contributed by atoms with Gasteiger partial charge in [-0.3, -0.25) is 5.32 Å². The number of aliphatic carboxylic acids is 1. The number of esters is 1. The monoisotopic (exact) mass is 273 g/mol. The molecule has 0 aromatic rings. The number of nitrogens with one attached hydrogen (secondary N) is 1. The maximum atomic E-state index is 11.5. The number of carboxylic acid groups (broad SMARTS) is 1. The van der Waals surface area contributed by atoms with Crippen LogP contribution >= 0.6 is 0 Å². The first-order chi connectivity index (χ1) is 8.65. The fourth-order valence-corrected chi connectivity index (χ4v) is 0.956. The minimum Gasteiger partial charge on any atom is -0.478 e. The SMILES string of the molecule is CCCOC(=O)/C(=C/C(=O)O)NC(=O)OC(C)(C)C. The number of ether oxygens (including phenoxy) is 2. The Morgan fingerprint density at radius 2 is 1.84 bits per heavy atom. The number of carbonyl (C=O) groups is 3. The van der Waals surface area contributed by atoms with Crippen molar-refractivity contribution < 1.29 is 29.0 Å². The van der Waals surface area contributed by atoms with Gasteiger partial charge in [0.2, 0.25) is 0 Å². The first-order valence-corrected chi connectivity index (χ1v) is 5.77. The van der Waals surface area contributed by atoms with Crippen molar-refractivity contribution in [2.75, 3.05) is 6.61 Å². The summed E-state index contributed by atoms with van der Waals surface area (Å²) in [6.45, 7) is 6.84. The van der Waals surface area contributed by atoms with E-state index in [4.69, 9.17) is 14.6 Å². The molecular formula is C12H19NO6. The fraction of sp³-hybridized carbons (Fsp3) is 0.583. The van der Waals surface area contributed by atoms with E-state index in [0.29, 0.717) is 12.5 Å². The Bertz CT molecular complexity index is 380. The Morgan fingerprint density at radius 1 is 1.26 bits per heavy atom. The van der Waals surface area contributed by atoms with Crippen LogP contribution in [0, 0.1) is 0 Å². The Balaban J connectivity index is 4.75. The summed E-state index contributed by atoms with van der Waals surface area (Å²) in [6, 6.07) is 0. The lowest BCUT2D eigenvalue weighted by Crippen LogP contribution is -2.35. The van der Waals surface area contributed by atoms with Gasteiger partial charge < -0.3 is 14.6 Å². The third-order valence-corrected chi connectivity index (χ3v) is 1.56.